The highest BCUT2D eigenvalue weighted by atomic mass is 16.2. The fourth-order valence-electron chi connectivity index (χ4n) is 3.69. The van der Waals surface area contributed by atoms with Gasteiger partial charge in [0.2, 0.25) is 0 Å². The number of amides is 4. The highest BCUT2D eigenvalue weighted by Gasteiger charge is 2.52. The lowest BCUT2D eigenvalue weighted by Crippen LogP contribution is -2.50. The van der Waals surface area contributed by atoms with Gasteiger partial charge in [0.25, 0.3) is 11.8 Å². The summed E-state index contributed by atoms with van der Waals surface area (Å²) in [7, 11) is 1.82. The summed E-state index contributed by atoms with van der Waals surface area (Å²) in [6, 6.07) is 16.7. The van der Waals surface area contributed by atoms with E-state index in [2.05, 4.69) is 29.8 Å². The van der Waals surface area contributed by atoms with E-state index in [1.807, 2.05) is 49.2 Å². The standard InChI is InChI=1S/C23H28N4O3/c1-4-17-11-13-18(14-12-17)15-26(3)16-20(28)25-27-21(29)23(5-2,24-22(27)30)19-9-7-6-8-10-19/h6-14H,4-5,15-16H2,1-3H3,(H,24,30)(H,25,28). The molecule has 4 amide bonds. The molecule has 7 nitrogen and oxygen atoms in total. The third kappa shape index (κ3) is 4.36. The number of rotatable bonds is 8. The van der Waals surface area contributed by atoms with E-state index < -0.39 is 23.4 Å². The van der Waals surface area contributed by atoms with Gasteiger partial charge in [-0.25, -0.2) is 4.79 Å². The second-order valence-corrected chi connectivity index (χ2v) is 7.57. The number of likely N-dealkylation sites (N-methyl/N-ethyl adjacent to an activating group) is 1. The Morgan fingerprint density at radius 2 is 1.67 bits per heavy atom. The molecule has 7 heteroatoms. The Hall–Kier alpha value is -3.19. The number of urea groups is 1. The summed E-state index contributed by atoms with van der Waals surface area (Å²) in [5.74, 6) is -0.904. The maximum Gasteiger partial charge on any atom is 0.344 e. The number of hydrogen-bond donors (Lipinski definition) is 2. The molecule has 2 aromatic rings. The molecular weight excluding hydrogens is 380 g/mol. The number of nitrogens with one attached hydrogen (secondary N) is 2. The summed E-state index contributed by atoms with van der Waals surface area (Å²) in [6.07, 6.45) is 1.36. The van der Waals surface area contributed by atoms with Crippen molar-refractivity contribution in [2.45, 2.75) is 38.8 Å². The van der Waals surface area contributed by atoms with Crippen molar-refractivity contribution in [2.75, 3.05) is 13.6 Å². The Morgan fingerprint density at radius 1 is 1.03 bits per heavy atom. The summed E-state index contributed by atoms with van der Waals surface area (Å²) in [5.41, 5.74) is 4.33. The van der Waals surface area contributed by atoms with E-state index in [-0.39, 0.29) is 6.54 Å². The third-order valence-electron chi connectivity index (χ3n) is 5.42. The lowest BCUT2D eigenvalue weighted by Gasteiger charge is -2.25. The molecule has 1 unspecified atom stereocenters. The van der Waals surface area contributed by atoms with Crippen molar-refractivity contribution < 1.29 is 14.4 Å². The van der Waals surface area contributed by atoms with Crippen LogP contribution in [0.4, 0.5) is 4.79 Å². The fraction of sp³-hybridized carbons (Fsp3) is 0.348. The van der Waals surface area contributed by atoms with Crippen molar-refractivity contribution in [3.63, 3.8) is 0 Å². The molecule has 1 atom stereocenters. The van der Waals surface area contributed by atoms with Crippen molar-refractivity contribution in [2.24, 2.45) is 0 Å². The molecular formula is C23H28N4O3. The molecule has 1 saturated heterocycles. The summed E-state index contributed by atoms with van der Waals surface area (Å²) < 4.78 is 0. The Balaban J connectivity index is 1.63. The second-order valence-electron chi connectivity index (χ2n) is 7.57. The van der Waals surface area contributed by atoms with Crippen molar-refractivity contribution >= 4 is 17.8 Å². The van der Waals surface area contributed by atoms with Gasteiger partial charge in [-0.15, -0.1) is 0 Å². The Labute approximate surface area is 177 Å². The van der Waals surface area contributed by atoms with Crippen LogP contribution in [0.25, 0.3) is 0 Å². The highest BCUT2D eigenvalue weighted by Crippen LogP contribution is 2.31. The molecule has 0 aliphatic carbocycles. The molecule has 1 heterocycles. The van der Waals surface area contributed by atoms with E-state index in [0.717, 1.165) is 17.0 Å². The zero-order valence-electron chi connectivity index (χ0n) is 17.6. The first-order chi connectivity index (χ1) is 14.4. The van der Waals surface area contributed by atoms with Gasteiger partial charge in [-0.3, -0.25) is 19.9 Å². The van der Waals surface area contributed by atoms with Crippen LogP contribution in [0.2, 0.25) is 0 Å². The number of carbonyl (C=O) groups excluding carboxylic acids is 3. The summed E-state index contributed by atoms with van der Waals surface area (Å²) in [4.78, 5) is 39.9. The molecule has 1 aliphatic heterocycles. The lowest BCUT2D eigenvalue weighted by molar-refractivity contribution is -0.139. The van der Waals surface area contributed by atoms with Gasteiger partial charge in [0, 0.05) is 6.54 Å². The molecule has 2 N–H and O–H groups in total. The lowest BCUT2D eigenvalue weighted by atomic mass is 9.87. The fourth-order valence-corrected chi connectivity index (χ4v) is 3.69. The summed E-state index contributed by atoms with van der Waals surface area (Å²) >= 11 is 0. The Bertz CT molecular complexity index is 914. The van der Waals surface area contributed by atoms with Gasteiger partial charge in [0.1, 0.15) is 5.54 Å². The van der Waals surface area contributed by atoms with Gasteiger partial charge in [0.15, 0.2) is 0 Å². The van der Waals surface area contributed by atoms with E-state index in [1.54, 1.807) is 12.1 Å². The minimum atomic E-state index is -1.17. The number of nitrogens with zero attached hydrogens (tertiary/aromatic N) is 2. The first-order valence-electron chi connectivity index (χ1n) is 10.2. The maximum absolute atomic E-state index is 13.1. The average Bonchev–Trinajstić information content (AvgIpc) is 3.00. The van der Waals surface area contributed by atoms with E-state index >= 15 is 0 Å². The summed E-state index contributed by atoms with van der Waals surface area (Å²) in [5, 5.41) is 3.55. The molecule has 30 heavy (non-hydrogen) atoms. The van der Waals surface area contributed by atoms with Gasteiger partial charge >= 0.3 is 6.03 Å². The van der Waals surface area contributed by atoms with Gasteiger partial charge in [-0.05, 0) is 36.6 Å². The minimum Gasteiger partial charge on any atom is -0.318 e. The predicted octanol–water partition coefficient (Wildman–Crippen LogP) is 2.57. The second kappa shape index (κ2) is 9.09. The molecule has 0 spiro atoms. The molecule has 2 aromatic carbocycles. The first kappa shape index (κ1) is 21.5. The van der Waals surface area contributed by atoms with Crippen LogP contribution in [-0.4, -0.2) is 41.3 Å². The van der Waals surface area contributed by atoms with E-state index in [0.29, 0.717) is 18.5 Å². The minimum absolute atomic E-state index is 0.0526. The van der Waals surface area contributed by atoms with Crippen molar-refractivity contribution in [3.8, 4) is 0 Å². The number of carbonyl (C=O) groups is 3. The van der Waals surface area contributed by atoms with Crippen LogP contribution < -0.4 is 10.7 Å². The largest absolute Gasteiger partial charge is 0.344 e. The summed E-state index contributed by atoms with van der Waals surface area (Å²) in [6.45, 7) is 4.57. The van der Waals surface area contributed by atoms with Crippen LogP contribution in [0.5, 0.6) is 0 Å². The predicted molar refractivity (Wildman–Crippen MR) is 114 cm³/mol. The monoisotopic (exact) mass is 408 g/mol. The average molecular weight is 409 g/mol. The topological polar surface area (TPSA) is 81.8 Å². The van der Waals surface area contributed by atoms with Gasteiger partial charge in [-0.1, -0.05) is 68.4 Å². The van der Waals surface area contributed by atoms with Gasteiger partial charge < -0.3 is 5.32 Å². The van der Waals surface area contributed by atoms with Crippen molar-refractivity contribution in [1.29, 1.82) is 0 Å². The number of imide groups is 1. The van der Waals surface area contributed by atoms with E-state index in [4.69, 9.17) is 0 Å². The molecule has 0 saturated carbocycles. The van der Waals surface area contributed by atoms with E-state index in [1.165, 1.54) is 5.56 Å². The molecule has 0 bridgehead atoms. The number of hydrogen-bond acceptors (Lipinski definition) is 4. The Kier molecular flexibility index (Phi) is 6.52. The molecule has 1 aliphatic rings. The smallest absolute Gasteiger partial charge is 0.318 e. The maximum atomic E-state index is 13.1. The molecule has 3 rings (SSSR count). The SMILES string of the molecule is CCc1ccc(CN(C)CC(=O)NN2C(=O)NC(CC)(c3ccccc3)C2=O)cc1. The highest BCUT2D eigenvalue weighted by molar-refractivity contribution is 6.08. The van der Waals surface area contributed by atoms with Crippen LogP contribution in [0.15, 0.2) is 54.6 Å². The molecule has 1 fully saturated rings. The van der Waals surface area contributed by atoms with Crippen LogP contribution in [-0.2, 0) is 28.1 Å². The number of hydrazine groups is 1. The number of aryl methyl sites for hydroxylation is 1. The van der Waals surface area contributed by atoms with E-state index in [9.17, 15) is 14.4 Å². The zero-order valence-corrected chi connectivity index (χ0v) is 17.6. The quantitative estimate of drug-likeness (QED) is 0.658. The number of benzene rings is 2. The van der Waals surface area contributed by atoms with Crippen LogP contribution in [0, 0.1) is 0 Å². The normalized spacial score (nSPS) is 18.6. The first-order valence-corrected chi connectivity index (χ1v) is 10.2. The molecule has 0 radical (unpaired) electrons. The zero-order chi connectivity index (χ0) is 21.7. The van der Waals surface area contributed by atoms with Crippen molar-refractivity contribution in [3.05, 3.63) is 71.3 Å². The Morgan fingerprint density at radius 3 is 2.27 bits per heavy atom. The molecule has 0 aromatic heterocycles. The van der Waals surface area contributed by atoms with Crippen molar-refractivity contribution in [1.82, 2.24) is 20.7 Å². The van der Waals surface area contributed by atoms with Crippen LogP contribution >= 0.6 is 0 Å². The third-order valence-corrected chi connectivity index (χ3v) is 5.42. The van der Waals surface area contributed by atoms with Crippen LogP contribution in [0.3, 0.4) is 0 Å². The van der Waals surface area contributed by atoms with Gasteiger partial charge in [-0.2, -0.15) is 5.01 Å². The van der Waals surface area contributed by atoms with Gasteiger partial charge in [0.05, 0.1) is 6.54 Å². The molecule has 158 valence electrons. The van der Waals surface area contributed by atoms with Crippen LogP contribution in [0.1, 0.15) is 37.0 Å².